The van der Waals surface area contributed by atoms with Gasteiger partial charge >= 0.3 is 0 Å². The number of hydrogen-bond donors (Lipinski definition) is 1. The average Bonchev–Trinajstić information content (AvgIpc) is 2.45. The number of hydrogen-bond acceptors (Lipinski definition) is 3. The van der Waals surface area contributed by atoms with Crippen LogP contribution in [0.1, 0.15) is 60.3 Å². The fraction of sp³-hybridized carbons (Fsp3) is 1.00. The Hall–Kier alpha value is -0.120. The summed E-state index contributed by atoms with van der Waals surface area (Å²) in [4.78, 5) is 2.57. The molecule has 21 heavy (non-hydrogen) atoms. The van der Waals surface area contributed by atoms with Crippen LogP contribution in [0.25, 0.3) is 0 Å². The number of ether oxygens (including phenoxy) is 1. The molecule has 1 rings (SSSR count). The van der Waals surface area contributed by atoms with Crippen molar-refractivity contribution in [3.8, 4) is 0 Å². The van der Waals surface area contributed by atoms with E-state index in [9.17, 15) is 0 Å². The normalized spacial score (nSPS) is 25.4. The van der Waals surface area contributed by atoms with Crippen LogP contribution in [-0.2, 0) is 4.74 Å². The molecular weight excluding hydrogens is 260 g/mol. The second-order valence-corrected chi connectivity index (χ2v) is 7.32. The third-order valence-electron chi connectivity index (χ3n) is 4.87. The van der Waals surface area contributed by atoms with E-state index in [2.05, 4.69) is 44.8 Å². The highest BCUT2D eigenvalue weighted by Crippen LogP contribution is 2.39. The van der Waals surface area contributed by atoms with Gasteiger partial charge in [0.15, 0.2) is 0 Å². The molecule has 1 N–H and O–H groups in total. The quantitative estimate of drug-likeness (QED) is 0.624. The first-order valence-electron chi connectivity index (χ1n) is 9.05. The number of nitrogens with zero attached hydrogens (tertiary/aromatic N) is 1. The summed E-state index contributed by atoms with van der Waals surface area (Å²) in [5.41, 5.74) is 0.508. The first-order chi connectivity index (χ1) is 10.0. The molecule has 1 aliphatic rings. The minimum absolute atomic E-state index is 0.508. The van der Waals surface area contributed by atoms with Crippen LogP contribution in [-0.4, -0.2) is 50.3 Å². The fourth-order valence-electron chi connectivity index (χ4n) is 3.57. The van der Waals surface area contributed by atoms with E-state index in [1.165, 1.54) is 32.2 Å². The number of nitrogens with one attached hydrogen (secondary N) is 1. The van der Waals surface area contributed by atoms with Crippen molar-refractivity contribution < 1.29 is 4.74 Å². The molecule has 0 aliphatic heterocycles. The maximum atomic E-state index is 5.53. The molecule has 3 nitrogen and oxygen atoms in total. The van der Waals surface area contributed by atoms with Crippen molar-refractivity contribution in [2.24, 2.45) is 11.3 Å². The van der Waals surface area contributed by atoms with E-state index < -0.39 is 0 Å². The maximum absolute atomic E-state index is 5.53. The zero-order valence-electron chi connectivity index (χ0n) is 15.1. The van der Waals surface area contributed by atoms with E-state index in [4.69, 9.17) is 4.74 Å². The third kappa shape index (κ3) is 7.12. The first-order valence-corrected chi connectivity index (χ1v) is 9.05. The zero-order chi connectivity index (χ0) is 15.7. The summed E-state index contributed by atoms with van der Waals surface area (Å²) in [7, 11) is 0. The molecule has 0 aromatic rings. The van der Waals surface area contributed by atoms with Crippen molar-refractivity contribution in [1.29, 1.82) is 0 Å². The van der Waals surface area contributed by atoms with Crippen LogP contribution < -0.4 is 5.32 Å². The SMILES string of the molecule is CCCNC1CCC(C)(C)CC1CN(CC)CCOCC. The Morgan fingerprint density at radius 2 is 2.00 bits per heavy atom. The lowest BCUT2D eigenvalue weighted by Crippen LogP contribution is -2.48. The molecule has 2 unspecified atom stereocenters. The van der Waals surface area contributed by atoms with Gasteiger partial charge in [-0.15, -0.1) is 0 Å². The van der Waals surface area contributed by atoms with Gasteiger partial charge in [0.1, 0.15) is 0 Å². The Labute approximate surface area is 132 Å². The molecule has 1 saturated carbocycles. The summed E-state index contributed by atoms with van der Waals surface area (Å²) in [6.45, 7) is 17.8. The average molecular weight is 299 g/mol. The van der Waals surface area contributed by atoms with Crippen LogP contribution >= 0.6 is 0 Å². The molecular formula is C18H38N2O. The highest BCUT2D eigenvalue weighted by Gasteiger charge is 2.35. The van der Waals surface area contributed by atoms with Gasteiger partial charge in [0, 0.05) is 25.7 Å². The summed E-state index contributed by atoms with van der Waals surface area (Å²) < 4.78 is 5.53. The third-order valence-corrected chi connectivity index (χ3v) is 4.87. The van der Waals surface area contributed by atoms with Crippen LogP contribution in [0, 0.1) is 11.3 Å². The molecule has 1 fully saturated rings. The van der Waals surface area contributed by atoms with Crippen LogP contribution in [0.3, 0.4) is 0 Å². The van der Waals surface area contributed by atoms with Crippen LogP contribution in [0.4, 0.5) is 0 Å². The second-order valence-electron chi connectivity index (χ2n) is 7.32. The van der Waals surface area contributed by atoms with Gasteiger partial charge in [0.05, 0.1) is 6.61 Å². The number of likely N-dealkylation sites (N-methyl/N-ethyl adjacent to an activating group) is 1. The van der Waals surface area contributed by atoms with Crippen LogP contribution in [0.15, 0.2) is 0 Å². The van der Waals surface area contributed by atoms with Crippen molar-refractivity contribution >= 4 is 0 Å². The molecule has 0 aromatic heterocycles. The van der Waals surface area contributed by atoms with Gasteiger partial charge in [-0.1, -0.05) is 27.7 Å². The van der Waals surface area contributed by atoms with Gasteiger partial charge in [0.2, 0.25) is 0 Å². The lowest BCUT2D eigenvalue weighted by atomic mass is 9.69. The van der Waals surface area contributed by atoms with E-state index in [0.29, 0.717) is 11.5 Å². The molecule has 0 amide bonds. The van der Waals surface area contributed by atoms with E-state index in [1.54, 1.807) is 0 Å². The van der Waals surface area contributed by atoms with Crippen molar-refractivity contribution in [3.63, 3.8) is 0 Å². The van der Waals surface area contributed by atoms with Crippen molar-refractivity contribution in [2.45, 2.75) is 66.3 Å². The largest absolute Gasteiger partial charge is 0.380 e. The van der Waals surface area contributed by atoms with Gasteiger partial charge in [-0.2, -0.15) is 0 Å². The van der Waals surface area contributed by atoms with Gasteiger partial charge < -0.3 is 15.0 Å². The summed E-state index contributed by atoms with van der Waals surface area (Å²) in [5.74, 6) is 0.780. The lowest BCUT2D eigenvalue weighted by Gasteiger charge is -2.43. The van der Waals surface area contributed by atoms with Crippen LogP contribution in [0.5, 0.6) is 0 Å². The molecule has 2 atom stereocenters. The highest BCUT2D eigenvalue weighted by atomic mass is 16.5. The Morgan fingerprint density at radius 3 is 2.62 bits per heavy atom. The lowest BCUT2D eigenvalue weighted by molar-refractivity contribution is 0.0762. The fourth-order valence-corrected chi connectivity index (χ4v) is 3.57. The molecule has 0 saturated heterocycles. The molecule has 1 aliphatic carbocycles. The molecule has 0 heterocycles. The van der Waals surface area contributed by atoms with E-state index in [0.717, 1.165) is 38.8 Å². The highest BCUT2D eigenvalue weighted by molar-refractivity contribution is 4.90. The van der Waals surface area contributed by atoms with Gasteiger partial charge in [0.25, 0.3) is 0 Å². The predicted octanol–water partition coefficient (Wildman–Crippen LogP) is 3.54. The Morgan fingerprint density at radius 1 is 1.24 bits per heavy atom. The molecule has 0 radical (unpaired) electrons. The summed E-state index contributed by atoms with van der Waals surface area (Å²) >= 11 is 0. The van der Waals surface area contributed by atoms with Crippen molar-refractivity contribution in [2.75, 3.05) is 39.4 Å². The standard InChI is InChI=1S/C18H38N2O/c1-6-11-19-17-9-10-18(4,5)14-16(17)15-20(7-2)12-13-21-8-3/h16-17,19H,6-15H2,1-5H3. The molecule has 0 spiro atoms. The molecule has 0 aromatic carbocycles. The Bertz CT molecular complexity index is 268. The van der Waals surface area contributed by atoms with Crippen molar-refractivity contribution in [3.05, 3.63) is 0 Å². The molecule has 126 valence electrons. The van der Waals surface area contributed by atoms with Gasteiger partial charge in [-0.3, -0.25) is 0 Å². The summed E-state index contributed by atoms with van der Waals surface area (Å²) in [5, 5.41) is 3.80. The van der Waals surface area contributed by atoms with E-state index >= 15 is 0 Å². The first kappa shape index (κ1) is 18.9. The minimum atomic E-state index is 0.508. The predicted molar refractivity (Wildman–Crippen MR) is 91.8 cm³/mol. The molecule has 3 heteroatoms. The monoisotopic (exact) mass is 298 g/mol. The summed E-state index contributed by atoms with van der Waals surface area (Å²) in [6, 6.07) is 0.708. The van der Waals surface area contributed by atoms with Gasteiger partial charge in [-0.25, -0.2) is 0 Å². The summed E-state index contributed by atoms with van der Waals surface area (Å²) in [6.07, 6.45) is 5.27. The van der Waals surface area contributed by atoms with E-state index in [1.807, 2.05) is 0 Å². The Balaban J connectivity index is 2.54. The maximum Gasteiger partial charge on any atom is 0.0593 e. The minimum Gasteiger partial charge on any atom is -0.380 e. The van der Waals surface area contributed by atoms with Crippen LogP contribution in [0.2, 0.25) is 0 Å². The molecule has 0 bridgehead atoms. The number of rotatable bonds is 10. The smallest absolute Gasteiger partial charge is 0.0593 e. The van der Waals surface area contributed by atoms with E-state index in [-0.39, 0.29) is 0 Å². The van der Waals surface area contributed by atoms with Gasteiger partial charge in [-0.05, 0) is 57.0 Å². The second kappa shape index (κ2) is 9.81. The zero-order valence-corrected chi connectivity index (χ0v) is 15.1. The van der Waals surface area contributed by atoms with Crippen molar-refractivity contribution in [1.82, 2.24) is 10.2 Å². The topological polar surface area (TPSA) is 24.5 Å². The Kier molecular flexibility index (Phi) is 8.84.